The van der Waals surface area contributed by atoms with Crippen molar-refractivity contribution >= 4 is 46.9 Å². The minimum absolute atomic E-state index is 0.0450. The van der Waals surface area contributed by atoms with E-state index in [4.69, 9.17) is 15.0 Å². The molecule has 2 amide bonds. The van der Waals surface area contributed by atoms with Crippen LogP contribution >= 0.6 is 11.8 Å². The number of nitrogen functional groups attached to an aromatic ring is 1. The van der Waals surface area contributed by atoms with Crippen molar-refractivity contribution in [3.63, 3.8) is 0 Å². The first-order chi connectivity index (χ1) is 17.4. The number of rotatable bonds is 8. The van der Waals surface area contributed by atoms with Gasteiger partial charge in [-0.1, -0.05) is 11.2 Å². The van der Waals surface area contributed by atoms with E-state index in [0.717, 1.165) is 11.9 Å². The molecule has 2 aliphatic rings. The van der Waals surface area contributed by atoms with Gasteiger partial charge in [-0.2, -0.15) is 4.98 Å². The molecule has 2 aliphatic heterocycles. The number of amides is 2. The van der Waals surface area contributed by atoms with Crippen LogP contribution in [-0.2, 0) is 25.8 Å². The fourth-order valence-corrected chi connectivity index (χ4v) is 5.46. The monoisotopic (exact) mass is 512 g/mol. The van der Waals surface area contributed by atoms with E-state index >= 15 is 0 Å². The normalized spacial score (nSPS) is 19.8. The van der Waals surface area contributed by atoms with Gasteiger partial charge in [0.15, 0.2) is 5.71 Å². The maximum absolute atomic E-state index is 13.0. The van der Waals surface area contributed by atoms with Gasteiger partial charge < -0.3 is 25.4 Å². The predicted octanol–water partition coefficient (Wildman–Crippen LogP) is -0.0236. The third kappa shape index (κ3) is 4.04. The molecule has 36 heavy (non-hydrogen) atoms. The second-order valence-electron chi connectivity index (χ2n) is 7.94. The number of hydrogen-bond donors (Lipinski definition) is 3. The van der Waals surface area contributed by atoms with E-state index in [2.05, 4.69) is 15.5 Å². The molecule has 3 aromatic rings. The maximum atomic E-state index is 13.0. The van der Waals surface area contributed by atoms with Crippen LogP contribution in [-0.4, -0.2) is 66.7 Å². The van der Waals surface area contributed by atoms with Crippen LogP contribution in [0.1, 0.15) is 12.6 Å². The number of imidazole rings is 1. The molecule has 5 rings (SSSR count). The van der Waals surface area contributed by atoms with Crippen molar-refractivity contribution < 1.29 is 33.3 Å². The second kappa shape index (κ2) is 9.37. The van der Waals surface area contributed by atoms with E-state index in [1.807, 2.05) is 45.8 Å². The van der Waals surface area contributed by atoms with Crippen molar-refractivity contribution in [1.82, 2.24) is 19.6 Å². The number of aliphatic carboxylic acids is 1. The number of aromatic nitrogens is 3. The molecular weight excluding hydrogens is 490 g/mol. The van der Waals surface area contributed by atoms with Gasteiger partial charge in [0.05, 0.1) is 6.20 Å². The van der Waals surface area contributed by atoms with Gasteiger partial charge in [-0.3, -0.25) is 14.5 Å². The number of thioether (sulfide) groups is 1. The Kier molecular flexibility index (Phi) is 6.10. The molecule has 186 valence electrons. The first-order valence-corrected chi connectivity index (χ1v) is 12.0. The number of carboxylic acids is 1. The molecular formula is C22H22N7O6S+. The Morgan fingerprint density at radius 3 is 2.97 bits per heavy atom. The first kappa shape index (κ1) is 23.4. The highest BCUT2D eigenvalue weighted by Gasteiger charge is 2.54. The fourth-order valence-electron chi connectivity index (χ4n) is 4.13. The summed E-state index contributed by atoms with van der Waals surface area (Å²) < 4.78 is 8.79. The maximum Gasteiger partial charge on any atom is 0.352 e. The Morgan fingerprint density at radius 1 is 1.42 bits per heavy atom. The number of nitrogens with one attached hydrogen (secondary N) is 1. The SMILES string of the molecule is CCON=C(C(=O)N[C@@H]1C(=O)N2C(C(=O)O)=C(C[n+]3ccn4ccccc43)CS[C@@H]12)c1coc(N)n1. The predicted molar refractivity (Wildman–Crippen MR) is 126 cm³/mol. The number of hydrogen-bond acceptors (Lipinski definition) is 9. The Labute approximate surface area is 208 Å². The fraction of sp³-hybridized carbons (Fsp3) is 0.273. The van der Waals surface area contributed by atoms with Crippen LogP contribution in [0.3, 0.4) is 0 Å². The Morgan fingerprint density at radius 2 is 2.25 bits per heavy atom. The molecule has 14 heteroatoms. The molecule has 0 aromatic carbocycles. The van der Waals surface area contributed by atoms with E-state index in [1.165, 1.54) is 16.7 Å². The molecule has 1 saturated heterocycles. The number of nitrogens with two attached hydrogens (primary N) is 1. The summed E-state index contributed by atoms with van der Waals surface area (Å²) in [6.45, 7) is 2.19. The molecule has 13 nitrogen and oxygen atoms in total. The van der Waals surface area contributed by atoms with Gasteiger partial charge in [0.1, 0.15) is 54.6 Å². The Balaban J connectivity index is 1.37. The number of carbonyl (C=O) groups is 3. The van der Waals surface area contributed by atoms with Crippen LogP contribution < -0.4 is 15.6 Å². The third-order valence-corrected chi connectivity index (χ3v) is 7.07. The van der Waals surface area contributed by atoms with Crippen LogP contribution in [0, 0.1) is 0 Å². The number of fused-ring (bicyclic) bond motifs is 2. The Hall–Kier alpha value is -4.33. The van der Waals surface area contributed by atoms with Gasteiger partial charge in [-0.05, 0) is 13.0 Å². The number of pyridine rings is 1. The topological polar surface area (TPSA) is 169 Å². The second-order valence-corrected chi connectivity index (χ2v) is 9.04. The summed E-state index contributed by atoms with van der Waals surface area (Å²) in [6.07, 6.45) is 6.78. The summed E-state index contributed by atoms with van der Waals surface area (Å²) in [5.41, 5.74) is 6.75. The highest BCUT2D eigenvalue weighted by Crippen LogP contribution is 2.40. The molecule has 0 spiro atoms. The number of nitrogens with zero attached hydrogens (tertiary/aromatic N) is 5. The minimum Gasteiger partial charge on any atom is -0.477 e. The van der Waals surface area contributed by atoms with Crippen LogP contribution in [0.25, 0.3) is 5.65 Å². The largest absolute Gasteiger partial charge is 0.477 e. The zero-order valence-corrected chi connectivity index (χ0v) is 19.8. The Bertz CT molecular complexity index is 1430. The van der Waals surface area contributed by atoms with Crippen LogP contribution in [0.5, 0.6) is 0 Å². The zero-order valence-electron chi connectivity index (χ0n) is 19.0. The van der Waals surface area contributed by atoms with E-state index in [0.29, 0.717) is 17.9 Å². The zero-order chi connectivity index (χ0) is 25.4. The molecule has 0 saturated carbocycles. The van der Waals surface area contributed by atoms with E-state index < -0.39 is 29.2 Å². The number of carbonyl (C=O) groups excluding carboxylic acids is 2. The molecule has 3 aromatic heterocycles. The molecule has 0 aliphatic carbocycles. The summed E-state index contributed by atoms with van der Waals surface area (Å²) in [4.78, 5) is 48.3. The molecule has 4 N–H and O–H groups in total. The van der Waals surface area contributed by atoms with Crippen molar-refractivity contribution in [3.05, 3.63) is 60.0 Å². The first-order valence-electron chi connectivity index (χ1n) is 11.0. The molecule has 2 atom stereocenters. The lowest BCUT2D eigenvalue weighted by molar-refractivity contribution is -0.662. The average Bonchev–Trinajstić information content (AvgIpc) is 3.48. The molecule has 0 bridgehead atoms. The summed E-state index contributed by atoms with van der Waals surface area (Å²) in [5, 5.41) is 15.8. The van der Waals surface area contributed by atoms with Gasteiger partial charge >= 0.3 is 5.97 Å². The van der Waals surface area contributed by atoms with Crippen molar-refractivity contribution in [2.45, 2.75) is 24.9 Å². The summed E-state index contributed by atoms with van der Waals surface area (Å²) >= 11 is 1.38. The summed E-state index contributed by atoms with van der Waals surface area (Å²) in [5.74, 6) is -2.08. The van der Waals surface area contributed by atoms with Crippen molar-refractivity contribution in [2.75, 3.05) is 18.1 Å². The van der Waals surface area contributed by atoms with E-state index in [1.54, 1.807) is 6.92 Å². The molecule has 0 radical (unpaired) electrons. The highest BCUT2D eigenvalue weighted by atomic mass is 32.2. The van der Waals surface area contributed by atoms with Gasteiger partial charge in [-0.25, -0.2) is 13.8 Å². The van der Waals surface area contributed by atoms with E-state index in [-0.39, 0.29) is 29.7 Å². The van der Waals surface area contributed by atoms with Crippen molar-refractivity contribution in [3.8, 4) is 0 Å². The minimum atomic E-state index is -1.20. The van der Waals surface area contributed by atoms with Gasteiger partial charge in [-0.15, -0.1) is 11.8 Å². The summed E-state index contributed by atoms with van der Waals surface area (Å²) in [6, 6.07) is 4.61. The number of oxime groups is 1. The quantitative estimate of drug-likeness (QED) is 0.162. The van der Waals surface area contributed by atoms with Gasteiger partial charge in [0, 0.05) is 17.4 Å². The van der Waals surface area contributed by atoms with Crippen LogP contribution in [0.4, 0.5) is 6.01 Å². The third-order valence-electron chi connectivity index (χ3n) is 5.73. The van der Waals surface area contributed by atoms with Crippen molar-refractivity contribution in [1.29, 1.82) is 0 Å². The van der Waals surface area contributed by atoms with Gasteiger partial charge in [0.2, 0.25) is 0 Å². The lowest BCUT2D eigenvalue weighted by Gasteiger charge is -2.49. The summed E-state index contributed by atoms with van der Waals surface area (Å²) in [7, 11) is 0. The molecule has 1 fully saturated rings. The number of carboxylic acid groups (broad SMARTS) is 1. The average molecular weight is 513 g/mol. The molecule has 0 unspecified atom stereocenters. The van der Waals surface area contributed by atoms with Gasteiger partial charge in [0.25, 0.3) is 23.5 Å². The highest BCUT2D eigenvalue weighted by molar-refractivity contribution is 8.00. The van der Waals surface area contributed by atoms with Crippen LogP contribution in [0.2, 0.25) is 0 Å². The van der Waals surface area contributed by atoms with Crippen molar-refractivity contribution in [2.24, 2.45) is 5.16 Å². The lowest BCUT2D eigenvalue weighted by Crippen LogP contribution is -2.71. The van der Waals surface area contributed by atoms with E-state index in [9.17, 15) is 19.5 Å². The smallest absolute Gasteiger partial charge is 0.352 e. The number of anilines is 1. The number of oxazole rings is 1. The number of β-lactam (4-membered cyclic amide) rings is 1. The van der Waals surface area contributed by atoms with Crippen LogP contribution in [0.15, 0.2) is 63.9 Å². The lowest BCUT2D eigenvalue weighted by atomic mass is 10.0. The molecule has 5 heterocycles. The standard InChI is InChI=1S/C22H21N7O6S/c1-2-35-26-15(13-10-34-22(23)24-13)18(30)25-16-19(31)29-17(21(32)33)12(11-36-20(16)29)9-28-8-7-27-6-4-3-5-14(27)28/h3-8,10,16,20H,2,9,11H2,1H3,(H3-,23,24,25,30,32,33)/p+1/t16-,20+/m1/s1.